The topological polar surface area (TPSA) is 76.7 Å². The summed E-state index contributed by atoms with van der Waals surface area (Å²) in [6.45, 7) is 0. The van der Waals surface area contributed by atoms with E-state index < -0.39 is 34.5 Å². The van der Waals surface area contributed by atoms with Gasteiger partial charge in [0.25, 0.3) is 0 Å². The number of carbonyl (C=O) groups excluding carboxylic acids is 1. The molecular weight excluding hydrogens is 422 g/mol. The molecule has 0 fully saturated rings. The number of ether oxygens (including phenoxy) is 1. The van der Waals surface area contributed by atoms with Crippen LogP contribution in [0.25, 0.3) is 0 Å². The molecule has 12 heteroatoms. The van der Waals surface area contributed by atoms with Crippen LogP contribution in [0.1, 0.15) is 16.1 Å². The lowest BCUT2D eigenvalue weighted by Crippen LogP contribution is -2.31. The Morgan fingerprint density at radius 3 is 2.38 bits per heavy atom. The highest BCUT2D eigenvalue weighted by molar-refractivity contribution is 6.35. The first kappa shape index (κ1) is 20.3. The van der Waals surface area contributed by atoms with Crippen molar-refractivity contribution < 1.29 is 27.9 Å². The smallest absolute Gasteiger partial charge is 0.435 e. The van der Waals surface area contributed by atoms with Crippen LogP contribution in [0.2, 0.25) is 15.2 Å². The summed E-state index contributed by atoms with van der Waals surface area (Å²) in [4.78, 5) is 12.6. The number of rotatable bonds is 5. The maximum absolute atomic E-state index is 13.1. The summed E-state index contributed by atoms with van der Waals surface area (Å²) in [5.74, 6) is -1.25. The van der Waals surface area contributed by atoms with Crippen LogP contribution >= 0.6 is 34.8 Å². The number of aryl methyl sites for hydroxylation is 1. The van der Waals surface area contributed by atoms with Crippen molar-refractivity contribution in [1.82, 2.24) is 9.78 Å². The molecule has 26 heavy (non-hydrogen) atoms. The Hall–Kier alpha value is -1.97. The molecule has 1 aromatic heterocycles. The number of oxime groups is 1. The zero-order chi connectivity index (χ0) is 19.6. The number of benzene rings is 1. The van der Waals surface area contributed by atoms with Gasteiger partial charge < -0.3 is 9.94 Å². The molecule has 0 radical (unpaired) electrons. The fraction of sp³-hybridized carbons (Fsp3) is 0.214. The fourth-order valence-corrected chi connectivity index (χ4v) is 2.74. The summed E-state index contributed by atoms with van der Waals surface area (Å²) >= 11 is 17.4. The van der Waals surface area contributed by atoms with E-state index in [4.69, 9.17) is 44.7 Å². The molecule has 0 amide bonds. The zero-order valence-electron chi connectivity index (χ0n) is 12.8. The monoisotopic (exact) mass is 429 g/mol. The highest BCUT2D eigenvalue weighted by Crippen LogP contribution is 2.35. The van der Waals surface area contributed by atoms with Crippen molar-refractivity contribution in [2.75, 3.05) is 0 Å². The van der Waals surface area contributed by atoms with Crippen LogP contribution in [0.5, 0.6) is 5.75 Å². The lowest BCUT2D eigenvalue weighted by atomic mass is 10.1. The number of ketones is 1. The number of nitrogens with zero attached hydrogens (tertiary/aromatic N) is 3. The Morgan fingerprint density at radius 2 is 1.88 bits per heavy atom. The van der Waals surface area contributed by atoms with E-state index in [-0.39, 0.29) is 15.8 Å². The Morgan fingerprint density at radius 1 is 1.31 bits per heavy atom. The molecule has 0 saturated carbocycles. The third-order valence-electron chi connectivity index (χ3n) is 3.05. The van der Waals surface area contributed by atoms with Gasteiger partial charge in [-0.1, -0.05) is 40.0 Å². The van der Waals surface area contributed by atoms with Crippen LogP contribution < -0.4 is 4.74 Å². The SMILES string of the molecule is Cn1nc(C(F)(F)F)c(C(=O)C(/C=N\O)Oc2cc(Cl)cc(Cl)c2)c1Cl. The van der Waals surface area contributed by atoms with Crippen molar-refractivity contribution >= 4 is 46.8 Å². The number of hydrogen-bond acceptors (Lipinski definition) is 5. The number of carbonyl (C=O) groups is 1. The third kappa shape index (κ3) is 4.40. The van der Waals surface area contributed by atoms with Crippen LogP contribution in [0, 0.1) is 0 Å². The Bertz CT molecular complexity index is 848. The summed E-state index contributed by atoms with van der Waals surface area (Å²) in [5, 5.41) is 14.4. The summed E-state index contributed by atoms with van der Waals surface area (Å²) in [6, 6.07) is 3.93. The predicted molar refractivity (Wildman–Crippen MR) is 88.7 cm³/mol. The second-order valence-electron chi connectivity index (χ2n) is 4.91. The Balaban J connectivity index is 2.47. The highest BCUT2D eigenvalue weighted by atomic mass is 35.5. The molecule has 0 spiro atoms. The van der Waals surface area contributed by atoms with Gasteiger partial charge in [-0.25, -0.2) is 0 Å². The van der Waals surface area contributed by atoms with Crippen molar-refractivity contribution in [2.24, 2.45) is 12.2 Å². The number of hydrogen-bond donors (Lipinski definition) is 1. The van der Waals surface area contributed by atoms with E-state index in [1.165, 1.54) is 18.2 Å². The quantitative estimate of drug-likeness (QED) is 0.328. The minimum atomic E-state index is -4.93. The number of halogens is 6. The molecule has 2 aromatic rings. The zero-order valence-corrected chi connectivity index (χ0v) is 15.0. The van der Waals surface area contributed by atoms with Gasteiger partial charge in [-0.2, -0.15) is 18.3 Å². The molecule has 1 heterocycles. The predicted octanol–water partition coefficient (Wildman–Crippen LogP) is 4.49. The molecular formula is C14H9Cl3F3N3O3. The van der Waals surface area contributed by atoms with Crippen LogP contribution in [-0.2, 0) is 13.2 Å². The molecule has 1 unspecified atom stereocenters. The maximum Gasteiger partial charge on any atom is 0.435 e. The largest absolute Gasteiger partial charge is 0.476 e. The molecule has 0 aliphatic rings. The standard InChI is InChI=1S/C14H9Cl3F3N3O3/c1-23-13(17)10(12(22-23)14(18,19)20)11(24)9(5-21-25)26-8-3-6(15)2-7(16)4-8/h2-5,9,25H,1H3/b21-5-. The van der Waals surface area contributed by atoms with Gasteiger partial charge in [-0.15, -0.1) is 0 Å². The van der Waals surface area contributed by atoms with E-state index in [1.807, 2.05) is 0 Å². The van der Waals surface area contributed by atoms with E-state index in [2.05, 4.69) is 10.3 Å². The minimum Gasteiger partial charge on any atom is -0.476 e. The first-order chi connectivity index (χ1) is 12.0. The first-order valence-electron chi connectivity index (χ1n) is 6.68. The van der Waals surface area contributed by atoms with Crippen LogP contribution in [0.3, 0.4) is 0 Å². The van der Waals surface area contributed by atoms with E-state index in [0.717, 1.165) is 7.05 Å². The average molecular weight is 431 g/mol. The van der Waals surface area contributed by atoms with E-state index >= 15 is 0 Å². The summed E-state index contributed by atoms with van der Waals surface area (Å²) < 4.78 is 45.4. The molecule has 0 aliphatic heterocycles. The molecule has 0 bridgehead atoms. The lowest BCUT2D eigenvalue weighted by molar-refractivity contribution is -0.141. The fourth-order valence-electron chi connectivity index (χ4n) is 2.02. The average Bonchev–Trinajstić information content (AvgIpc) is 2.81. The highest BCUT2D eigenvalue weighted by Gasteiger charge is 2.42. The Labute approximate surface area is 159 Å². The molecule has 6 nitrogen and oxygen atoms in total. The van der Waals surface area contributed by atoms with Gasteiger partial charge in [-0.3, -0.25) is 9.48 Å². The van der Waals surface area contributed by atoms with Crippen molar-refractivity contribution in [3.05, 3.63) is 44.7 Å². The molecule has 1 atom stereocenters. The van der Waals surface area contributed by atoms with Crippen molar-refractivity contribution in [2.45, 2.75) is 12.3 Å². The number of Topliss-reactive ketones (excluding diaryl/α,β-unsaturated/α-hetero) is 1. The summed E-state index contributed by atoms with van der Waals surface area (Å²) in [5.41, 5.74) is -2.40. The molecule has 0 aliphatic carbocycles. The van der Waals surface area contributed by atoms with E-state index in [0.29, 0.717) is 10.9 Å². The van der Waals surface area contributed by atoms with E-state index in [9.17, 15) is 18.0 Å². The van der Waals surface area contributed by atoms with E-state index in [1.54, 1.807) is 0 Å². The molecule has 1 N–H and O–H groups in total. The second-order valence-corrected chi connectivity index (χ2v) is 6.14. The van der Waals surface area contributed by atoms with Crippen molar-refractivity contribution in [3.8, 4) is 5.75 Å². The first-order valence-corrected chi connectivity index (χ1v) is 7.82. The normalized spacial score (nSPS) is 13.2. The maximum atomic E-state index is 13.1. The molecule has 1 aromatic carbocycles. The van der Waals surface area contributed by atoms with Crippen LogP contribution in [-0.4, -0.2) is 33.1 Å². The lowest BCUT2D eigenvalue weighted by Gasteiger charge is -2.15. The second kappa shape index (κ2) is 7.73. The molecule has 2 rings (SSSR count). The number of aromatic nitrogens is 2. The van der Waals surface area contributed by atoms with Crippen molar-refractivity contribution in [3.63, 3.8) is 0 Å². The van der Waals surface area contributed by atoms with Gasteiger partial charge in [0.05, 0.1) is 11.8 Å². The molecule has 140 valence electrons. The summed E-state index contributed by atoms with van der Waals surface area (Å²) in [7, 11) is 1.14. The van der Waals surface area contributed by atoms with Crippen LogP contribution in [0.4, 0.5) is 13.2 Å². The Kier molecular flexibility index (Phi) is 6.05. The van der Waals surface area contributed by atoms with Gasteiger partial charge in [0, 0.05) is 17.1 Å². The summed E-state index contributed by atoms with van der Waals surface area (Å²) in [6.07, 6.45) is -6.08. The third-order valence-corrected chi connectivity index (χ3v) is 3.92. The van der Waals surface area contributed by atoms with Gasteiger partial charge in [0.15, 0.2) is 11.8 Å². The number of alkyl halides is 3. The molecule has 0 saturated heterocycles. The van der Waals surface area contributed by atoms with Gasteiger partial charge in [0.1, 0.15) is 10.9 Å². The minimum absolute atomic E-state index is 0.0330. The van der Waals surface area contributed by atoms with Gasteiger partial charge in [0.2, 0.25) is 5.78 Å². The van der Waals surface area contributed by atoms with Gasteiger partial charge in [-0.05, 0) is 18.2 Å². The van der Waals surface area contributed by atoms with Crippen LogP contribution in [0.15, 0.2) is 23.4 Å². The van der Waals surface area contributed by atoms with Crippen molar-refractivity contribution in [1.29, 1.82) is 0 Å². The van der Waals surface area contributed by atoms with Gasteiger partial charge >= 0.3 is 6.18 Å².